The molecule has 0 aromatic heterocycles. The summed E-state index contributed by atoms with van der Waals surface area (Å²) in [5.41, 5.74) is 0.179. The van der Waals surface area contributed by atoms with Crippen molar-refractivity contribution in [2.45, 2.75) is 57.4 Å². The summed E-state index contributed by atoms with van der Waals surface area (Å²) in [6, 6.07) is 4.53. The van der Waals surface area contributed by atoms with E-state index in [9.17, 15) is 22.8 Å². The summed E-state index contributed by atoms with van der Waals surface area (Å²) in [4.78, 5) is 28.6. The van der Waals surface area contributed by atoms with Gasteiger partial charge in [0.2, 0.25) is 5.91 Å². The first kappa shape index (κ1) is 22.6. The second-order valence-electron chi connectivity index (χ2n) is 8.13. The first-order chi connectivity index (χ1) is 14.2. The summed E-state index contributed by atoms with van der Waals surface area (Å²) in [6.07, 6.45) is -0.205. The number of hydrogen-bond donors (Lipinski definition) is 2. The fourth-order valence-electron chi connectivity index (χ4n) is 4.04. The quantitative estimate of drug-likeness (QED) is 0.760. The van der Waals surface area contributed by atoms with Gasteiger partial charge >= 0.3 is 12.2 Å². The second kappa shape index (κ2) is 9.78. The van der Waals surface area contributed by atoms with Crippen molar-refractivity contribution < 1.29 is 22.8 Å². The Kier molecular flexibility index (Phi) is 7.36. The van der Waals surface area contributed by atoms with E-state index in [2.05, 4.69) is 15.5 Å². The van der Waals surface area contributed by atoms with Gasteiger partial charge in [0.1, 0.15) is 0 Å². The Bertz CT molecular complexity index is 725. The van der Waals surface area contributed by atoms with E-state index in [0.29, 0.717) is 32.7 Å². The largest absolute Gasteiger partial charge is 0.416 e. The third-order valence-electron chi connectivity index (χ3n) is 5.95. The molecule has 1 atom stereocenters. The normalized spacial score (nSPS) is 20.1. The van der Waals surface area contributed by atoms with Gasteiger partial charge in [0.05, 0.1) is 11.6 Å². The van der Waals surface area contributed by atoms with Crippen molar-refractivity contribution in [1.29, 1.82) is 0 Å². The summed E-state index contributed by atoms with van der Waals surface area (Å²) in [5.74, 6) is -0.318. The molecule has 6 nitrogen and oxygen atoms in total. The van der Waals surface area contributed by atoms with Crippen molar-refractivity contribution in [2.24, 2.45) is 0 Å². The maximum absolute atomic E-state index is 12.7. The van der Waals surface area contributed by atoms with E-state index in [0.717, 1.165) is 43.4 Å². The Morgan fingerprint density at radius 3 is 2.23 bits per heavy atom. The average molecular weight is 426 g/mol. The van der Waals surface area contributed by atoms with Gasteiger partial charge in [-0.1, -0.05) is 25.0 Å². The highest BCUT2D eigenvalue weighted by Gasteiger charge is 2.30. The highest BCUT2D eigenvalue weighted by Crippen LogP contribution is 2.29. The van der Waals surface area contributed by atoms with Gasteiger partial charge in [-0.2, -0.15) is 13.2 Å². The molecule has 1 saturated carbocycles. The number of urea groups is 1. The lowest BCUT2D eigenvalue weighted by Crippen LogP contribution is -2.55. The van der Waals surface area contributed by atoms with Crippen LogP contribution in [0.2, 0.25) is 0 Å². The summed E-state index contributed by atoms with van der Waals surface area (Å²) in [6.45, 7) is 5.05. The molecular weight excluding hydrogens is 397 g/mol. The minimum absolute atomic E-state index is 0.154. The number of rotatable bonds is 5. The molecule has 3 rings (SSSR count). The lowest BCUT2D eigenvalue weighted by atomic mass is 10.1. The summed E-state index contributed by atoms with van der Waals surface area (Å²) in [7, 11) is 0. The van der Waals surface area contributed by atoms with E-state index >= 15 is 0 Å². The highest BCUT2D eigenvalue weighted by atomic mass is 19.4. The van der Waals surface area contributed by atoms with Crippen LogP contribution in [0.1, 0.15) is 43.7 Å². The minimum Gasteiger partial charge on any atom is -0.335 e. The van der Waals surface area contributed by atoms with Crippen LogP contribution in [0.3, 0.4) is 0 Å². The van der Waals surface area contributed by atoms with Gasteiger partial charge in [0.25, 0.3) is 0 Å². The zero-order valence-electron chi connectivity index (χ0n) is 17.2. The van der Waals surface area contributed by atoms with Gasteiger partial charge in [-0.25, -0.2) is 4.79 Å². The first-order valence-corrected chi connectivity index (χ1v) is 10.5. The van der Waals surface area contributed by atoms with E-state index < -0.39 is 23.8 Å². The molecule has 0 bridgehead atoms. The number of benzene rings is 1. The Hall–Kier alpha value is -2.13. The van der Waals surface area contributed by atoms with E-state index in [-0.39, 0.29) is 11.9 Å². The fraction of sp³-hybridized carbons (Fsp3) is 0.619. The number of halogens is 3. The number of alkyl halides is 3. The lowest BCUT2D eigenvalue weighted by molar-refractivity contribution is -0.137. The van der Waals surface area contributed by atoms with Crippen molar-refractivity contribution in [2.75, 3.05) is 26.2 Å². The fourth-order valence-corrected chi connectivity index (χ4v) is 4.04. The molecule has 2 N–H and O–H groups in total. The molecule has 0 spiro atoms. The standard InChI is InChI=1S/C21H29F3N4O2/c1-15(19(29)26-20(30)25-18-4-2-3-5-18)28-12-10-27(11-13-28)14-16-6-8-17(9-7-16)21(22,23)24/h6-9,15,18H,2-5,10-14H2,1H3,(H2,25,26,29,30). The zero-order valence-corrected chi connectivity index (χ0v) is 17.2. The zero-order chi connectivity index (χ0) is 21.7. The van der Waals surface area contributed by atoms with E-state index in [4.69, 9.17) is 0 Å². The molecule has 2 fully saturated rings. The molecule has 9 heteroatoms. The van der Waals surface area contributed by atoms with Crippen molar-refractivity contribution >= 4 is 11.9 Å². The Balaban J connectivity index is 1.41. The first-order valence-electron chi connectivity index (χ1n) is 10.5. The molecule has 0 radical (unpaired) electrons. The molecule has 1 aromatic carbocycles. The number of nitrogens with one attached hydrogen (secondary N) is 2. The van der Waals surface area contributed by atoms with Crippen LogP contribution in [0, 0.1) is 0 Å². The molecule has 1 aromatic rings. The van der Waals surface area contributed by atoms with Crippen molar-refractivity contribution in [3.63, 3.8) is 0 Å². The minimum atomic E-state index is -4.32. The van der Waals surface area contributed by atoms with Crippen LogP contribution in [0.5, 0.6) is 0 Å². The monoisotopic (exact) mass is 426 g/mol. The molecule has 1 heterocycles. The Labute approximate surface area is 174 Å². The molecular formula is C21H29F3N4O2. The van der Waals surface area contributed by atoms with Crippen molar-refractivity contribution in [3.05, 3.63) is 35.4 Å². The third-order valence-corrected chi connectivity index (χ3v) is 5.95. The van der Waals surface area contributed by atoms with E-state index in [1.807, 2.05) is 4.90 Å². The van der Waals surface area contributed by atoms with Crippen molar-refractivity contribution in [1.82, 2.24) is 20.4 Å². The average Bonchev–Trinajstić information content (AvgIpc) is 3.20. The van der Waals surface area contributed by atoms with E-state index in [1.165, 1.54) is 12.1 Å². The Morgan fingerprint density at radius 1 is 1.07 bits per heavy atom. The number of nitrogens with zero attached hydrogens (tertiary/aromatic N) is 2. The molecule has 166 valence electrons. The molecule has 2 aliphatic rings. The number of piperazine rings is 1. The SMILES string of the molecule is CC(C(=O)NC(=O)NC1CCCC1)N1CCN(Cc2ccc(C(F)(F)F)cc2)CC1. The van der Waals surface area contributed by atoms with Crippen LogP contribution in [0.25, 0.3) is 0 Å². The van der Waals surface area contributed by atoms with Crippen LogP contribution in [0.15, 0.2) is 24.3 Å². The second-order valence-corrected chi connectivity index (χ2v) is 8.13. The lowest BCUT2D eigenvalue weighted by Gasteiger charge is -2.37. The van der Waals surface area contributed by atoms with Gasteiger partial charge in [0, 0.05) is 38.8 Å². The number of carbonyl (C=O) groups excluding carboxylic acids is 2. The van der Waals surface area contributed by atoms with Crippen LogP contribution in [0.4, 0.5) is 18.0 Å². The third kappa shape index (κ3) is 6.18. The number of imide groups is 1. The highest BCUT2D eigenvalue weighted by molar-refractivity contribution is 5.96. The van der Waals surface area contributed by atoms with Crippen LogP contribution < -0.4 is 10.6 Å². The molecule has 1 unspecified atom stereocenters. The predicted octanol–water partition coefficient (Wildman–Crippen LogP) is 2.98. The summed E-state index contributed by atoms with van der Waals surface area (Å²) < 4.78 is 38.0. The molecule has 30 heavy (non-hydrogen) atoms. The summed E-state index contributed by atoms with van der Waals surface area (Å²) >= 11 is 0. The maximum atomic E-state index is 12.7. The number of hydrogen-bond acceptors (Lipinski definition) is 4. The number of carbonyl (C=O) groups is 2. The van der Waals surface area contributed by atoms with Gasteiger partial charge < -0.3 is 5.32 Å². The number of amides is 3. The van der Waals surface area contributed by atoms with Gasteiger partial charge in [0.15, 0.2) is 0 Å². The van der Waals surface area contributed by atoms with E-state index in [1.54, 1.807) is 6.92 Å². The molecule has 1 aliphatic carbocycles. The van der Waals surface area contributed by atoms with Crippen LogP contribution in [-0.2, 0) is 17.5 Å². The van der Waals surface area contributed by atoms with Gasteiger partial charge in [-0.05, 0) is 37.5 Å². The van der Waals surface area contributed by atoms with Gasteiger partial charge in [-0.3, -0.25) is 19.9 Å². The summed E-state index contributed by atoms with van der Waals surface area (Å²) in [5, 5.41) is 5.28. The van der Waals surface area contributed by atoms with Gasteiger partial charge in [-0.15, -0.1) is 0 Å². The smallest absolute Gasteiger partial charge is 0.335 e. The maximum Gasteiger partial charge on any atom is 0.416 e. The van der Waals surface area contributed by atoms with Crippen LogP contribution in [-0.4, -0.2) is 60.0 Å². The van der Waals surface area contributed by atoms with Crippen molar-refractivity contribution in [3.8, 4) is 0 Å². The molecule has 3 amide bonds. The topological polar surface area (TPSA) is 64.7 Å². The molecule has 1 aliphatic heterocycles. The predicted molar refractivity (Wildman–Crippen MR) is 107 cm³/mol. The molecule has 1 saturated heterocycles. The Morgan fingerprint density at radius 2 is 1.67 bits per heavy atom. The van der Waals surface area contributed by atoms with Crippen LogP contribution >= 0.6 is 0 Å².